The highest BCUT2D eigenvalue weighted by atomic mass is 32.2. The minimum atomic E-state index is -3.45. The molecule has 0 bridgehead atoms. The van der Waals surface area contributed by atoms with E-state index in [4.69, 9.17) is 4.74 Å². The Hall–Kier alpha value is -1.59. The monoisotopic (exact) mass is 331 g/mol. The number of sulfonamides is 1. The number of benzene rings is 2. The lowest BCUT2D eigenvalue weighted by Crippen LogP contribution is -2.65. The predicted octanol–water partition coefficient (Wildman–Crippen LogP) is 3.56. The molecule has 1 saturated carbocycles. The van der Waals surface area contributed by atoms with Crippen molar-refractivity contribution < 1.29 is 13.2 Å². The SMILES string of the molecule is CCOc1ccc(S(=O)(=O)N2CCC23CCC3)c2ccccc12. The van der Waals surface area contributed by atoms with Gasteiger partial charge in [0.1, 0.15) is 5.75 Å². The van der Waals surface area contributed by atoms with Crippen LogP contribution in [0, 0.1) is 0 Å². The maximum atomic E-state index is 13.2. The largest absolute Gasteiger partial charge is 0.493 e. The van der Waals surface area contributed by atoms with Crippen LogP contribution < -0.4 is 4.74 Å². The van der Waals surface area contributed by atoms with Crippen molar-refractivity contribution in [2.24, 2.45) is 0 Å². The minimum Gasteiger partial charge on any atom is -0.493 e. The van der Waals surface area contributed by atoms with E-state index in [0.717, 1.165) is 42.2 Å². The van der Waals surface area contributed by atoms with Gasteiger partial charge < -0.3 is 4.74 Å². The zero-order valence-electron chi connectivity index (χ0n) is 13.3. The van der Waals surface area contributed by atoms with Crippen molar-refractivity contribution in [3.8, 4) is 5.75 Å². The third-order valence-corrected chi connectivity index (χ3v) is 7.37. The van der Waals surface area contributed by atoms with Gasteiger partial charge in [0.25, 0.3) is 0 Å². The predicted molar refractivity (Wildman–Crippen MR) is 90.2 cm³/mol. The van der Waals surface area contributed by atoms with Crippen molar-refractivity contribution in [3.05, 3.63) is 36.4 Å². The average molecular weight is 331 g/mol. The molecule has 0 atom stereocenters. The van der Waals surface area contributed by atoms with Crippen molar-refractivity contribution in [2.45, 2.75) is 43.0 Å². The summed E-state index contributed by atoms with van der Waals surface area (Å²) in [6, 6.07) is 11.1. The Balaban J connectivity index is 1.84. The molecule has 5 heteroatoms. The van der Waals surface area contributed by atoms with E-state index in [-0.39, 0.29) is 5.54 Å². The van der Waals surface area contributed by atoms with Crippen LogP contribution in [0.25, 0.3) is 10.8 Å². The summed E-state index contributed by atoms with van der Waals surface area (Å²) in [6.45, 7) is 3.13. The molecule has 122 valence electrons. The molecule has 1 aliphatic heterocycles. The third-order valence-electron chi connectivity index (χ3n) is 5.31. The van der Waals surface area contributed by atoms with Gasteiger partial charge in [-0.25, -0.2) is 8.42 Å². The number of hydrogen-bond acceptors (Lipinski definition) is 3. The number of ether oxygens (including phenoxy) is 1. The van der Waals surface area contributed by atoms with Gasteiger partial charge in [-0.1, -0.05) is 24.3 Å². The van der Waals surface area contributed by atoms with Crippen LogP contribution in [0.4, 0.5) is 0 Å². The smallest absolute Gasteiger partial charge is 0.244 e. The molecule has 4 rings (SSSR count). The average Bonchev–Trinajstić information content (AvgIpc) is 2.44. The van der Waals surface area contributed by atoms with Gasteiger partial charge in [0.2, 0.25) is 10.0 Å². The number of rotatable bonds is 4. The molecule has 0 unspecified atom stereocenters. The lowest BCUT2D eigenvalue weighted by molar-refractivity contribution is -0.00289. The van der Waals surface area contributed by atoms with Crippen LogP contribution in [0.5, 0.6) is 5.75 Å². The molecular formula is C18H21NO3S. The van der Waals surface area contributed by atoms with Crippen LogP contribution in [-0.4, -0.2) is 31.4 Å². The Kier molecular flexibility index (Phi) is 3.39. The standard InChI is InChI=1S/C18H21NO3S/c1-2-22-16-8-9-17(15-7-4-3-6-14(15)16)23(20,21)19-13-12-18(19)10-5-11-18/h3-4,6-9H,2,5,10-13H2,1H3. The van der Waals surface area contributed by atoms with Crippen molar-refractivity contribution >= 4 is 20.8 Å². The number of nitrogens with zero attached hydrogens (tertiary/aromatic N) is 1. The summed E-state index contributed by atoms with van der Waals surface area (Å²) in [5.41, 5.74) is -0.0848. The van der Waals surface area contributed by atoms with Gasteiger partial charge in [-0.15, -0.1) is 0 Å². The molecule has 4 nitrogen and oxygen atoms in total. The molecule has 1 saturated heterocycles. The second kappa shape index (κ2) is 5.21. The Bertz CT molecular complexity index is 850. The highest BCUT2D eigenvalue weighted by Crippen LogP contribution is 2.50. The number of fused-ring (bicyclic) bond motifs is 1. The van der Waals surface area contributed by atoms with E-state index in [9.17, 15) is 8.42 Å². The quantitative estimate of drug-likeness (QED) is 0.860. The Morgan fingerprint density at radius 1 is 1.09 bits per heavy atom. The first-order valence-corrected chi connectivity index (χ1v) is 9.70. The normalized spacial score (nSPS) is 20.2. The van der Waals surface area contributed by atoms with Gasteiger partial charge in [0.15, 0.2) is 0 Å². The molecule has 0 aromatic heterocycles. The molecule has 0 radical (unpaired) electrons. The number of hydrogen-bond donors (Lipinski definition) is 0. The van der Waals surface area contributed by atoms with Gasteiger partial charge in [-0.05, 0) is 44.7 Å². The fraction of sp³-hybridized carbons (Fsp3) is 0.444. The molecule has 2 fully saturated rings. The van der Waals surface area contributed by atoms with Crippen LogP contribution in [0.1, 0.15) is 32.6 Å². The molecule has 2 aromatic rings. The van der Waals surface area contributed by atoms with Gasteiger partial charge in [-0.2, -0.15) is 4.31 Å². The first-order valence-electron chi connectivity index (χ1n) is 8.26. The summed E-state index contributed by atoms with van der Waals surface area (Å²) in [6.07, 6.45) is 4.14. The summed E-state index contributed by atoms with van der Waals surface area (Å²) < 4.78 is 33.8. The zero-order chi connectivity index (χ0) is 16.1. The molecule has 0 N–H and O–H groups in total. The van der Waals surface area contributed by atoms with E-state index in [1.165, 1.54) is 0 Å². The molecule has 1 aliphatic carbocycles. The van der Waals surface area contributed by atoms with E-state index < -0.39 is 10.0 Å². The maximum Gasteiger partial charge on any atom is 0.244 e. The van der Waals surface area contributed by atoms with Crippen molar-refractivity contribution in [3.63, 3.8) is 0 Å². The molecule has 0 amide bonds. The van der Waals surface area contributed by atoms with Gasteiger partial charge in [0.05, 0.1) is 11.5 Å². The second-order valence-corrected chi connectivity index (χ2v) is 8.28. The van der Waals surface area contributed by atoms with E-state index in [0.29, 0.717) is 18.0 Å². The molecule has 2 aliphatic rings. The minimum absolute atomic E-state index is 0.0848. The topological polar surface area (TPSA) is 46.6 Å². The van der Waals surface area contributed by atoms with Gasteiger partial charge in [0, 0.05) is 22.9 Å². The van der Waals surface area contributed by atoms with Crippen molar-refractivity contribution in [1.82, 2.24) is 4.31 Å². The summed E-state index contributed by atoms with van der Waals surface area (Å²) in [7, 11) is -3.45. The zero-order valence-corrected chi connectivity index (χ0v) is 14.1. The molecule has 2 aromatic carbocycles. The first kappa shape index (κ1) is 15.0. The van der Waals surface area contributed by atoms with E-state index in [2.05, 4.69) is 0 Å². The fourth-order valence-corrected chi connectivity index (χ4v) is 5.90. The van der Waals surface area contributed by atoms with Crippen LogP contribution in [0.2, 0.25) is 0 Å². The van der Waals surface area contributed by atoms with E-state index in [1.807, 2.05) is 31.2 Å². The van der Waals surface area contributed by atoms with Crippen LogP contribution >= 0.6 is 0 Å². The summed E-state index contributed by atoms with van der Waals surface area (Å²) in [4.78, 5) is 0.405. The third kappa shape index (κ3) is 2.10. The highest BCUT2D eigenvalue weighted by Gasteiger charge is 2.54. The molecule has 1 spiro atoms. The van der Waals surface area contributed by atoms with E-state index in [1.54, 1.807) is 16.4 Å². The van der Waals surface area contributed by atoms with Crippen molar-refractivity contribution in [1.29, 1.82) is 0 Å². The Morgan fingerprint density at radius 3 is 2.39 bits per heavy atom. The fourth-order valence-electron chi connectivity index (χ4n) is 3.85. The van der Waals surface area contributed by atoms with E-state index >= 15 is 0 Å². The summed E-state index contributed by atoms with van der Waals surface area (Å²) in [5, 5.41) is 1.61. The molecule has 23 heavy (non-hydrogen) atoms. The van der Waals surface area contributed by atoms with Crippen molar-refractivity contribution in [2.75, 3.05) is 13.2 Å². The highest BCUT2D eigenvalue weighted by molar-refractivity contribution is 7.89. The van der Waals surface area contributed by atoms with Crippen LogP contribution in [0.3, 0.4) is 0 Å². The Labute approximate surface area is 137 Å². The summed E-state index contributed by atoms with van der Waals surface area (Å²) >= 11 is 0. The lowest BCUT2D eigenvalue weighted by atomic mass is 9.70. The molecular weight excluding hydrogens is 310 g/mol. The van der Waals surface area contributed by atoms with Gasteiger partial charge >= 0.3 is 0 Å². The van der Waals surface area contributed by atoms with Gasteiger partial charge in [-0.3, -0.25) is 0 Å². The van der Waals surface area contributed by atoms with Crippen LogP contribution in [0.15, 0.2) is 41.3 Å². The second-order valence-electron chi connectivity index (χ2n) is 6.45. The Morgan fingerprint density at radius 2 is 1.83 bits per heavy atom. The lowest BCUT2D eigenvalue weighted by Gasteiger charge is -2.57. The summed E-state index contributed by atoms with van der Waals surface area (Å²) in [5.74, 6) is 0.740. The first-order chi connectivity index (χ1) is 11.1. The molecule has 1 heterocycles. The van der Waals surface area contributed by atoms with Crippen LogP contribution in [-0.2, 0) is 10.0 Å². The maximum absolute atomic E-state index is 13.2.